The van der Waals surface area contributed by atoms with Crippen molar-refractivity contribution >= 4 is 5.96 Å². The summed E-state index contributed by atoms with van der Waals surface area (Å²) in [5, 5.41) is 7.09. The average molecular weight is 367 g/mol. The molecule has 0 bridgehead atoms. The van der Waals surface area contributed by atoms with Crippen molar-refractivity contribution in [3.05, 3.63) is 0 Å². The molecule has 3 aliphatic rings. The van der Waals surface area contributed by atoms with Crippen molar-refractivity contribution < 1.29 is 9.47 Å². The van der Waals surface area contributed by atoms with E-state index in [9.17, 15) is 0 Å². The molecule has 0 aromatic heterocycles. The van der Waals surface area contributed by atoms with Crippen molar-refractivity contribution in [3.8, 4) is 0 Å². The molecule has 0 unspecified atom stereocenters. The van der Waals surface area contributed by atoms with Crippen LogP contribution in [0.4, 0.5) is 0 Å². The largest absolute Gasteiger partial charge is 0.381 e. The molecule has 1 aliphatic carbocycles. The molecule has 150 valence electrons. The minimum atomic E-state index is -0.160. The number of hydrogen-bond donors (Lipinski definition) is 2. The van der Waals surface area contributed by atoms with E-state index in [0.29, 0.717) is 12.6 Å². The second-order valence-electron chi connectivity index (χ2n) is 8.09. The Balaban J connectivity index is 1.50. The molecular weight excluding hydrogens is 328 g/mol. The van der Waals surface area contributed by atoms with Crippen LogP contribution in [0.5, 0.6) is 0 Å². The van der Waals surface area contributed by atoms with Crippen molar-refractivity contribution in [2.45, 2.75) is 76.0 Å². The number of methoxy groups -OCH3 is 1. The Labute approximate surface area is 159 Å². The van der Waals surface area contributed by atoms with Gasteiger partial charge in [0.2, 0.25) is 0 Å². The van der Waals surface area contributed by atoms with Gasteiger partial charge in [-0.05, 0) is 32.6 Å². The van der Waals surface area contributed by atoms with Crippen LogP contribution in [0.2, 0.25) is 0 Å². The van der Waals surface area contributed by atoms with E-state index in [0.717, 1.165) is 44.6 Å². The predicted molar refractivity (Wildman–Crippen MR) is 106 cm³/mol. The third kappa shape index (κ3) is 5.33. The van der Waals surface area contributed by atoms with Gasteiger partial charge in [-0.2, -0.15) is 0 Å². The maximum atomic E-state index is 5.82. The summed E-state index contributed by atoms with van der Waals surface area (Å²) in [6.45, 7) is 7.70. The zero-order valence-corrected chi connectivity index (χ0v) is 16.8. The van der Waals surface area contributed by atoms with Gasteiger partial charge in [-0.25, -0.2) is 0 Å². The zero-order chi connectivity index (χ0) is 18.2. The van der Waals surface area contributed by atoms with Gasteiger partial charge in [-0.3, -0.25) is 4.99 Å². The average Bonchev–Trinajstić information content (AvgIpc) is 3.22. The van der Waals surface area contributed by atoms with Crippen molar-refractivity contribution in [1.29, 1.82) is 0 Å². The van der Waals surface area contributed by atoms with Crippen LogP contribution in [0.1, 0.15) is 58.3 Å². The highest BCUT2D eigenvalue weighted by Crippen LogP contribution is 2.26. The fourth-order valence-corrected chi connectivity index (χ4v) is 4.59. The lowest BCUT2D eigenvalue weighted by atomic mass is 9.94. The summed E-state index contributed by atoms with van der Waals surface area (Å²) in [6.07, 6.45) is 9.93. The minimum absolute atomic E-state index is 0.160. The first kappa shape index (κ1) is 19.9. The second kappa shape index (κ2) is 9.90. The number of aliphatic imine (C=N–C) groups is 1. The molecule has 0 spiro atoms. The zero-order valence-electron chi connectivity index (χ0n) is 16.8. The van der Waals surface area contributed by atoms with E-state index in [1.807, 2.05) is 0 Å². The van der Waals surface area contributed by atoms with Crippen LogP contribution >= 0.6 is 0 Å². The lowest BCUT2D eigenvalue weighted by Crippen LogP contribution is -2.51. The highest BCUT2D eigenvalue weighted by Gasteiger charge is 2.33. The third-order valence-corrected chi connectivity index (χ3v) is 6.42. The Bertz CT molecular complexity index is 437. The summed E-state index contributed by atoms with van der Waals surface area (Å²) in [5.74, 6) is 0.940. The molecule has 6 nitrogen and oxygen atoms in total. The molecule has 2 saturated heterocycles. The molecule has 2 N–H and O–H groups in total. The minimum Gasteiger partial charge on any atom is -0.381 e. The number of rotatable bonds is 6. The van der Waals surface area contributed by atoms with E-state index in [1.54, 1.807) is 7.11 Å². The van der Waals surface area contributed by atoms with Crippen LogP contribution in [-0.4, -0.2) is 75.0 Å². The van der Waals surface area contributed by atoms with E-state index in [4.69, 9.17) is 14.5 Å². The van der Waals surface area contributed by atoms with Crippen LogP contribution < -0.4 is 10.6 Å². The molecule has 0 aromatic carbocycles. The smallest absolute Gasteiger partial charge is 0.191 e. The Morgan fingerprint density at radius 3 is 2.46 bits per heavy atom. The van der Waals surface area contributed by atoms with Gasteiger partial charge in [0.25, 0.3) is 0 Å². The summed E-state index contributed by atoms with van der Waals surface area (Å²) in [4.78, 5) is 7.59. The molecule has 2 aliphatic heterocycles. The Morgan fingerprint density at radius 2 is 1.85 bits per heavy atom. The maximum absolute atomic E-state index is 5.82. The Hall–Kier alpha value is -0.850. The van der Waals surface area contributed by atoms with Gasteiger partial charge in [0.1, 0.15) is 0 Å². The highest BCUT2D eigenvalue weighted by molar-refractivity contribution is 5.80. The van der Waals surface area contributed by atoms with Crippen LogP contribution in [-0.2, 0) is 9.47 Å². The molecular formula is C20H38N4O2. The topological polar surface area (TPSA) is 58.1 Å². The van der Waals surface area contributed by atoms with Crippen molar-refractivity contribution in [1.82, 2.24) is 15.5 Å². The molecule has 3 fully saturated rings. The molecule has 0 atom stereocenters. The lowest BCUT2D eigenvalue weighted by molar-refractivity contribution is -0.0828. The number of nitrogens with zero attached hydrogens (tertiary/aromatic N) is 2. The van der Waals surface area contributed by atoms with Gasteiger partial charge in [0, 0.05) is 64.9 Å². The fourth-order valence-electron chi connectivity index (χ4n) is 4.59. The first-order valence-electron chi connectivity index (χ1n) is 10.7. The first-order chi connectivity index (χ1) is 12.7. The van der Waals surface area contributed by atoms with Crippen molar-refractivity contribution in [3.63, 3.8) is 0 Å². The molecule has 0 radical (unpaired) electrons. The standard InChI is InChI=1S/C20H38N4O2/c1-3-21-19(22-16-20(25-2)10-14-26-15-11-20)23-17-8-12-24(13-9-17)18-6-4-5-7-18/h17-18H,3-16H2,1-2H3,(H2,21,22,23). The monoisotopic (exact) mass is 366 g/mol. The van der Waals surface area contributed by atoms with Crippen LogP contribution in [0.25, 0.3) is 0 Å². The Kier molecular flexibility index (Phi) is 7.58. The summed E-state index contributed by atoms with van der Waals surface area (Å²) in [7, 11) is 1.81. The number of hydrogen-bond acceptors (Lipinski definition) is 4. The molecule has 3 rings (SSSR count). The third-order valence-electron chi connectivity index (χ3n) is 6.42. The number of likely N-dealkylation sites (tertiary alicyclic amines) is 1. The van der Waals surface area contributed by atoms with E-state index in [1.165, 1.54) is 51.6 Å². The van der Waals surface area contributed by atoms with Gasteiger partial charge in [0.15, 0.2) is 5.96 Å². The lowest BCUT2D eigenvalue weighted by Gasteiger charge is -2.37. The number of piperidine rings is 1. The molecule has 6 heteroatoms. The predicted octanol–water partition coefficient (Wildman–Crippen LogP) is 2.14. The quantitative estimate of drug-likeness (QED) is 0.557. The molecule has 1 saturated carbocycles. The van der Waals surface area contributed by atoms with Crippen LogP contribution in [0.3, 0.4) is 0 Å². The van der Waals surface area contributed by atoms with E-state index in [-0.39, 0.29) is 5.60 Å². The van der Waals surface area contributed by atoms with Crippen molar-refractivity contribution in [2.75, 3.05) is 46.5 Å². The Morgan fingerprint density at radius 1 is 1.15 bits per heavy atom. The number of guanidine groups is 1. The number of nitrogens with one attached hydrogen (secondary N) is 2. The van der Waals surface area contributed by atoms with Crippen LogP contribution in [0.15, 0.2) is 4.99 Å². The highest BCUT2D eigenvalue weighted by atomic mass is 16.5. The van der Waals surface area contributed by atoms with E-state index >= 15 is 0 Å². The van der Waals surface area contributed by atoms with Gasteiger partial charge in [-0.15, -0.1) is 0 Å². The summed E-state index contributed by atoms with van der Waals surface area (Å²) in [5.41, 5.74) is -0.160. The summed E-state index contributed by atoms with van der Waals surface area (Å²) < 4.78 is 11.3. The second-order valence-corrected chi connectivity index (χ2v) is 8.09. The molecule has 2 heterocycles. The summed E-state index contributed by atoms with van der Waals surface area (Å²) in [6, 6.07) is 1.38. The fraction of sp³-hybridized carbons (Fsp3) is 0.950. The van der Waals surface area contributed by atoms with E-state index in [2.05, 4.69) is 22.5 Å². The summed E-state index contributed by atoms with van der Waals surface area (Å²) >= 11 is 0. The first-order valence-corrected chi connectivity index (χ1v) is 10.7. The van der Waals surface area contributed by atoms with E-state index < -0.39 is 0 Å². The van der Waals surface area contributed by atoms with Gasteiger partial charge < -0.3 is 25.0 Å². The molecule has 0 amide bonds. The maximum Gasteiger partial charge on any atom is 0.191 e. The normalized spacial score (nSPS) is 26.2. The van der Waals surface area contributed by atoms with Gasteiger partial charge >= 0.3 is 0 Å². The molecule has 26 heavy (non-hydrogen) atoms. The molecule has 0 aromatic rings. The van der Waals surface area contributed by atoms with Crippen molar-refractivity contribution in [2.24, 2.45) is 4.99 Å². The number of ether oxygens (including phenoxy) is 2. The van der Waals surface area contributed by atoms with Gasteiger partial charge in [0.05, 0.1) is 12.1 Å². The van der Waals surface area contributed by atoms with Gasteiger partial charge in [-0.1, -0.05) is 12.8 Å². The van der Waals surface area contributed by atoms with Crippen LogP contribution in [0, 0.1) is 0 Å². The SMILES string of the molecule is CCNC(=NCC1(OC)CCOCC1)NC1CCN(C2CCCC2)CC1.